The molecule has 3 nitrogen and oxygen atoms in total. The van der Waals surface area contributed by atoms with Crippen molar-refractivity contribution in [2.75, 3.05) is 0 Å². The summed E-state index contributed by atoms with van der Waals surface area (Å²) in [5, 5.41) is 0.732. The van der Waals surface area contributed by atoms with Gasteiger partial charge in [0.2, 0.25) is 0 Å². The van der Waals surface area contributed by atoms with Gasteiger partial charge in [0.25, 0.3) is 5.56 Å². The highest BCUT2D eigenvalue weighted by atomic mass is 16.1. The van der Waals surface area contributed by atoms with Crippen LogP contribution < -0.4 is 5.56 Å². The van der Waals surface area contributed by atoms with Crippen molar-refractivity contribution >= 4 is 10.9 Å². The highest BCUT2D eigenvalue weighted by Gasteiger charge is 2.15. The van der Waals surface area contributed by atoms with Gasteiger partial charge in [-0.1, -0.05) is 31.4 Å². The van der Waals surface area contributed by atoms with E-state index in [0.717, 1.165) is 17.4 Å². The van der Waals surface area contributed by atoms with Gasteiger partial charge in [-0.25, -0.2) is 4.98 Å². The molecule has 1 aromatic carbocycles. The zero-order valence-electron chi connectivity index (χ0n) is 10.5. The van der Waals surface area contributed by atoms with Crippen LogP contribution in [0.4, 0.5) is 0 Å². The van der Waals surface area contributed by atoms with Crippen LogP contribution in [0.3, 0.4) is 0 Å². The van der Waals surface area contributed by atoms with Crippen LogP contribution >= 0.6 is 0 Å². The van der Waals surface area contributed by atoms with Crippen LogP contribution in [0, 0.1) is 5.92 Å². The highest BCUT2D eigenvalue weighted by molar-refractivity contribution is 5.76. The highest BCUT2D eigenvalue weighted by Crippen LogP contribution is 2.24. The van der Waals surface area contributed by atoms with Gasteiger partial charge in [0, 0.05) is 6.54 Å². The van der Waals surface area contributed by atoms with Gasteiger partial charge in [-0.05, 0) is 30.9 Å². The first-order chi connectivity index (χ1) is 8.84. The lowest BCUT2D eigenvalue weighted by atomic mass is 9.89. The SMILES string of the molecule is O=c1c2ccccc2ncn1CC1CCCCC1. The Morgan fingerprint density at radius 3 is 2.78 bits per heavy atom. The normalized spacial score (nSPS) is 17.1. The van der Waals surface area contributed by atoms with Crippen molar-refractivity contribution in [3.8, 4) is 0 Å². The molecular weight excluding hydrogens is 224 g/mol. The van der Waals surface area contributed by atoms with Gasteiger partial charge in [-0.3, -0.25) is 9.36 Å². The molecule has 0 unspecified atom stereocenters. The molecule has 1 aromatic heterocycles. The maximum absolute atomic E-state index is 12.3. The van der Waals surface area contributed by atoms with E-state index < -0.39 is 0 Å². The fourth-order valence-electron chi connectivity index (χ4n) is 2.88. The van der Waals surface area contributed by atoms with Gasteiger partial charge in [-0.15, -0.1) is 0 Å². The number of hydrogen-bond acceptors (Lipinski definition) is 2. The largest absolute Gasteiger partial charge is 0.298 e. The molecule has 0 saturated heterocycles. The summed E-state index contributed by atoms with van der Waals surface area (Å²) in [4.78, 5) is 16.7. The second-order valence-electron chi connectivity index (χ2n) is 5.22. The fraction of sp³-hybridized carbons (Fsp3) is 0.467. The summed E-state index contributed by atoms with van der Waals surface area (Å²) in [6.07, 6.45) is 8.17. The second-order valence-corrected chi connectivity index (χ2v) is 5.22. The molecule has 0 radical (unpaired) electrons. The molecule has 2 aromatic rings. The summed E-state index contributed by atoms with van der Waals surface area (Å²) in [6, 6.07) is 7.57. The Kier molecular flexibility index (Phi) is 3.13. The minimum Gasteiger partial charge on any atom is -0.298 e. The number of rotatable bonds is 2. The van der Waals surface area contributed by atoms with Crippen LogP contribution in [0.2, 0.25) is 0 Å². The summed E-state index contributed by atoms with van der Waals surface area (Å²) in [5.74, 6) is 0.652. The number of benzene rings is 1. The average molecular weight is 242 g/mol. The van der Waals surface area contributed by atoms with Gasteiger partial charge in [-0.2, -0.15) is 0 Å². The molecule has 1 fully saturated rings. The van der Waals surface area contributed by atoms with Crippen molar-refractivity contribution in [1.82, 2.24) is 9.55 Å². The van der Waals surface area contributed by atoms with Gasteiger partial charge in [0.05, 0.1) is 17.2 Å². The Morgan fingerprint density at radius 1 is 1.17 bits per heavy atom. The first-order valence-corrected chi connectivity index (χ1v) is 6.79. The molecule has 1 aliphatic carbocycles. The lowest BCUT2D eigenvalue weighted by Gasteiger charge is -2.22. The molecule has 1 aliphatic rings. The number of hydrogen-bond donors (Lipinski definition) is 0. The minimum atomic E-state index is 0.103. The van der Waals surface area contributed by atoms with E-state index in [1.165, 1.54) is 32.1 Å². The van der Waals surface area contributed by atoms with Crippen molar-refractivity contribution < 1.29 is 0 Å². The number of fused-ring (bicyclic) bond motifs is 1. The monoisotopic (exact) mass is 242 g/mol. The molecule has 3 heteroatoms. The first kappa shape index (κ1) is 11.5. The van der Waals surface area contributed by atoms with Crippen molar-refractivity contribution in [3.05, 3.63) is 40.9 Å². The summed E-state index contributed by atoms with van der Waals surface area (Å²) in [6.45, 7) is 0.830. The third kappa shape index (κ3) is 2.17. The number of para-hydroxylation sites is 1. The molecule has 18 heavy (non-hydrogen) atoms. The molecule has 0 bridgehead atoms. The van der Waals surface area contributed by atoms with Gasteiger partial charge in [0.15, 0.2) is 0 Å². The van der Waals surface area contributed by atoms with E-state index in [0.29, 0.717) is 5.92 Å². The average Bonchev–Trinajstić information content (AvgIpc) is 2.43. The van der Waals surface area contributed by atoms with Crippen LogP contribution in [0.25, 0.3) is 10.9 Å². The molecule has 0 N–H and O–H groups in total. The van der Waals surface area contributed by atoms with E-state index in [4.69, 9.17) is 0 Å². The molecule has 0 atom stereocenters. The quantitative estimate of drug-likeness (QED) is 0.811. The number of aromatic nitrogens is 2. The summed E-state index contributed by atoms with van der Waals surface area (Å²) in [5.41, 5.74) is 0.897. The maximum Gasteiger partial charge on any atom is 0.261 e. The standard InChI is InChI=1S/C15H18N2O/c18-15-13-8-4-5-9-14(13)16-11-17(15)10-12-6-2-1-3-7-12/h4-5,8-9,11-12H,1-3,6-7,10H2. The molecular formula is C15H18N2O. The van der Waals surface area contributed by atoms with Gasteiger partial charge >= 0.3 is 0 Å². The fourth-order valence-corrected chi connectivity index (χ4v) is 2.88. The van der Waals surface area contributed by atoms with Crippen molar-refractivity contribution in [2.45, 2.75) is 38.6 Å². The van der Waals surface area contributed by atoms with Crippen molar-refractivity contribution in [2.24, 2.45) is 5.92 Å². The molecule has 0 aliphatic heterocycles. The molecule has 0 spiro atoms. The van der Waals surface area contributed by atoms with E-state index in [1.807, 2.05) is 24.3 Å². The van der Waals surface area contributed by atoms with Gasteiger partial charge < -0.3 is 0 Å². The topological polar surface area (TPSA) is 34.9 Å². The van der Waals surface area contributed by atoms with Crippen LogP contribution in [-0.4, -0.2) is 9.55 Å². The van der Waals surface area contributed by atoms with Crippen molar-refractivity contribution in [3.63, 3.8) is 0 Å². The maximum atomic E-state index is 12.3. The lowest BCUT2D eigenvalue weighted by molar-refractivity contribution is 0.315. The Morgan fingerprint density at radius 2 is 1.94 bits per heavy atom. The third-order valence-corrected chi connectivity index (χ3v) is 3.91. The van der Waals surface area contributed by atoms with E-state index in [1.54, 1.807) is 10.9 Å². The molecule has 1 saturated carbocycles. The smallest absolute Gasteiger partial charge is 0.261 e. The van der Waals surface area contributed by atoms with Crippen LogP contribution in [0.1, 0.15) is 32.1 Å². The van der Waals surface area contributed by atoms with E-state index in [-0.39, 0.29) is 5.56 Å². The summed E-state index contributed by atoms with van der Waals surface area (Å²) >= 11 is 0. The Labute approximate surface area is 106 Å². The predicted molar refractivity (Wildman–Crippen MR) is 72.6 cm³/mol. The Hall–Kier alpha value is -1.64. The minimum absolute atomic E-state index is 0.103. The van der Waals surface area contributed by atoms with Gasteiger partial charge in [0.1, 0.15) is 0 Å². The van der Waals surface area contributed by atoms with E-state index in [2.05, 4.69) is 4.98 Å². The third-order valence-electron chi connectivity index (χ3n) is 3.91. The second kappa shape index (κ2) is 4.92. The number of nitrogens with zero attached hydrogens (tertiary/aromatic N) is 2. The zero-order valence-corrected chi connectivity index (χ0v) is 10.5. The first-order valence-electron chi connectivity index (χ1n) is 6.79. The zero-order chi connectivity index (χ0) is 12.4. The molecule has 1 heterocycles. The Balaban J connectivity index is 1.92. The van der Waals surface area contributed by atoms with E-state index >= 15 is 0 Å². The lowest BCUT2D eigenvalue weighted by Crippen LogP contribution is -2.25. The van der Waals surface area contributed by atoms with E-state index in [9.17, 15) is 4.79 Å². The summed E-state index contributed by atoms with van der Waals surface area (Å²) in [7, 11) is 0. The molecule has 0 amide bonds. The Bertz CT molecular complexity index is 597. The molecule has 3 rings (SSSR count). The van der Waals surface area contributed by atoms with Crippen LogP contribution in [0.5, 0.6) is 0 Å². The van der Waals surface area contributed by atoms with Crippen LogP contribution in [0.15, 0.2) is 35.4 Å². The molecule has 94 valence electrons. The van der Waals surface area contributed by atoms with Crippen LogP contribution in [-0.2, 0) is 6.54 Å². The summed E-state index contributed by atoms with van der Waals surface area (Å²) < 4.78 is 1.79. The predicted octanol–water partition coefficient (Wildman–Crippen LogP) is 2.98. The van der Waals surface area contributed by atoms with Crippen molar-refractivity contribution in [1.29, 1.82) is 0 Å².